The van der Waals surface area contributed by atoms with Crippen LogP contribution in [0.1, 0.15) is 83.4 Å². The Hall–Kier alpha value is -2.57. The highest BCUT2D eigenvalue weighted by molar-refractivity contribution is 5.80. The summed E-state index contributed by atoms with van der Waals surface area (Å²) in [5.74, 6) is -1.32. The number of aromatic nitrogens is 2. The number of likely N-dealkylation sites (tertiary alicyclic amines) is 1. The second-order valence-corrected chi connectivity index (χ2v) is 12.3. The number of nitrogens with one attached hydrogen (secondary N) is 3. The van der Waals surface area contributed by atoms with Gasteiger partial charge < -0.3 is 9.64 Å². The molecule has 12 heteroatoms. The Morgan fingerprint density at radius 3 is 2.60 bits per heavy atom. The van der Waals surface area contributed by atoms with Gasteiger partial charge in [0.05, 0.1) is 12.1 Å². The van der Waals surface area contributed by atoms with Crippen LogP contribution < -0.4 is 21.2 Å². The average molecular weight is 562 g/mol. The van der Waals surface area contributed by atoms with Gasteiger partial charge in [-0.25, -0.2) is 20.3 Å². The van der Waals surface area contributed by atoms with Gasteiger partial charge in [-0.05, 0) is 65.0 Å². The molecule has 0 aromatic carbocycles. The lowest BCUT2D eigenvalue weighted by molar-refractivity contribution is -0.285. The third kappa shape index (κ3) is 6.49. The summed E-state index contributed by atoms with van der Waals surface area (Å²) in [6.45, 7) is 8.01. The van der Waals surface area contributed by atoms with Crippen LogP contribution in [-0.2, 0) is 19.2 Å². The highest BCUT2D eigenvalue weighted by Gasteiger charge is 2.46. The molecule has 3 aliphatic heterocycles. The van der Waals surface area contributed by atoms with Gasteiger partial charge in [-0.2, -0.15) is 4.39 Å². The summed E-state index contributed by atoms with van der Waals surface area (Å²) in [7, 11) is 0. The predicted octanol–water partition coefficient (Wildman–Crippen LogP) is 3.20. The van der Waals surface area contributed by atoms with Crippen molar-refractivity contribution in [3.63, 3.8) is 0 Å². The molecule has 3 N–H and O–H groups in total. The Kier molecular flexibility index (Phi) is 9.06. The van der Waals surface area contributed by atoms with E-state index in [0.29, 0.717) is 50.7 Å². The molecular weight excluding hydrogens is 517 g/mol. The van der Waals surface area contributed by atoms with E-state index in [1.807, 2.05) is 4.90 Å². The Morgan fingerprint density at radius 1 is 1.18 bits per heavy atom. The number of hydroxylamine groups is 1. The van der Waals surface area contributed by atoms with Gasteiger partial charge >= 0.3 is 0 Å². The highest BCUT2D eigenvalue weighted by atomic mass is 19.1. The molecule has 4 aliphatic rings. The minimum atomic E-state index is -1.07. The SMILES string of the molecule is Cc1nc(NNC(=O)[C@H](CC2CCCC2)CC2(ONC=O)CCCCO2)c(F)c(N2CC(C)(N3CCCC3)C2)n1. The number of nitrogens with zero attached hydrogens (tertiary/aromatic N) is 4. The van der Waals surface area contributed by atoms with E-state index in [1.165, 1.54) is 12.8 Å². The minimum Gasteiger partial charge on any atom is -0.350 e. The third-order valence-electron chi connectivity index (χ3n) is 9.11. The van der Waals surface area contributed by atoms with Gasteiger partial charge in [0.15, 0.2) is 17.4 Å². The smallest absolute Gasteiger partial charge is 0.241 e. The number of aryl methyl sites for hydroxylation is 1. The van der Waals surface area contributed by atoms with Crippen LogP contribution in [0, 0.1) is 24.6 Å². The molecule has 4 fully saturated rings. The van der Waals surface area contributed by atoms with Crippen LogP contribution in [0.4, 0.5) is 16.0 Å². The molecule has 0 radical (unpaired) electrons. The van der Waals surface area contributed by atoms with Crippen LogP contribution in [-0.4, -0.2) is 71.3 Å². The zero-order valence-electron chi connectivity index (χ0n) is 23.8. The lowest BCUT2D eigenvalue weighted by Gasteiger charge is -2.53. The molecule has 4 heterocycles. The van der Waals surface area contributed by atoms with E-state index in [9.17, 15) is 9.59 Å². The van der Waals surface area contributed by atoms with Crippen molar-refractivity contribution in [1.29, 1.82) is 0 Å². The molecule has 1 unspecified atom stereocenters. The molecule has 5 rings (SSSR count). The molecule has 3 saturated heterocycles. The van der Waals surface area contributed by atoms with Crippen LogP contribution in [0.15, 0.2) is 0 Å². The van der Waals surface area contributed by atoms with Gasteiger partial charge in [-0.3, -0.25) is 25.3 Å². The van der Waals surface area contributed by atoms with Gasteiger partial charge in [0, 0.05) is 31.8 Å². The first-order chi connectivity index (χ1) is 19.3. The lowest BCUT2D eigenvalue weighted by atomic mass is 9.85. The quantitative estimate of drug-likeness (QED) is 0.261. The minimum absolute atomic E-state index is 0.0228. The molecule has 1 aromatic heterocycles. The molecule has 0 bridgehead atoms. The van der Waals surface area contributed by atoms with E-state index in [1.54, 1.807) is 6.92 Å². The largest absolute Gasteiger partial charge is 0.350 e. The van der Waals surface area contributed by atoms with Crippen LogP contribution in [0.3, 0.4) is 0 Å². The first kappa shape index (κ1) is 28.9. The van der Waals surface area contributed by atoms with Crippen LogP contribution in [0.5, 0.6) is 0 Å². The summed E-state index contributed by atoms with van der Waals surface area (Å²) in [4.78, 5) is 43.2. The summed E-state index contributed by atoms with van der Waals surface area (Å²) in [6, 6.07) is 0. The number of anilines is 2. The first-order valence-electron chi connectivity index (χ1n) is 14.9. The maximum atomic E-state index is 15.6. The van der Waals surface area contributed by atoms with E-state index in [4.69, 9.17) is 9.57 Å². The summed E-state index contributed by atoms with van der Waals surface area (Å²) in [6.07, 6.45) is 10.7. The number of hydrazine groups is 1. The predicted molar refractivity (Wildman–Crippen MR) is 147 cm³/mol. The number of halogens is 1. The second-order valence-electron chi connectivity index (χ2n) is 12.3. The Balaban J connectivity index is 1.26. The van der Waals surface area contributed by atoms with Crippen LogP contribution in [0.25, 0.3) is 0 Å². The summed E-state index contributed by atoms with van der Waals surface area (Å²) >= 11 is 0. The third-order valence-corrected chi connectivity index (χ3v) is 9.11. The van der Waals surface area contributed by atoms with E-state index in [0.717, 1.165) is 51.6 Å². The van der Waals surface area contributed by atoms with Gasteiger partial charge in [0.2, 0.25) is 18.1 Å². The molecule has 11 nitrogen and oxygen atoms in total. The number of carbonyl (C=O) groups is 2. The molecule has 0 spiro atoms. The van der Waals surface area contributed by atoms with E-state index < -0.39 is 17.5 Å². The summed E-state index contributed by atoms with van der Waals surface area (Å²) in [5.41, 5.74) is 7.79. The van der Waals surface area contributed by atoms with E-state index in [2.05, 4.69) is 38.1 Å². The number of rotatable bonds is 12. The summed E-state index contributed by atoms with van der Waals surface area (Å²) < 4.78 is 21.6. The van der Waals surface area contributed by atoms with E-state index in [-0.39, 0.29) is 29.5 Å². The van der Waals surface area contributed by atoms with Gasteiger partial charge in [0.25, 0.3) is 0 Å². The topological polar surface area (TPSA) is 121 Å². The fraction of sp³-hybridized carbons (Fsp3) is 0.786. The van der Waals surface area contributed by atoms with Gasteiger partial charge in [-0.1, -0.05) is 25.7 Å². The number of hydrogen-bond donors (Lipinski definition) is 3. The highest BCUT2D eigenvalue weighted by Crippen LogP contribution is 2.38. The maximum absolute atomic E-state index is 15.6. The van der Waals surface area contributed by atoms with Crippen molar-refractivity contribution in [2.75, 3.05) is 43.1 Å². The van der Waals surface area contributed by atoms with E-state index >= 15 is 4.39 Å². The van der Waals surface area contributed by atoms with Crippen molar-refractivity contribution in [1.82, 2.24) is 25.8 Å². The van der Waals surface area contributed by atoms with Crippen molar-refractivity contribution in [3.05, 3.63) is 11.6 Å². The zero-order chi connectivity index (χ0) is 28.2. The van der Waals surface area contributed by atoms with Crippen LogP contribution >= 0.6 is 0 Å². The molecular formula is C28H44FN7O4. The number of carbonyl (C=O) groups excluding carboxylic acids is 2. The van der Waals surface area contributed by atoms with Crippen molar-refractivity contribution < 1.29 is 23.6 Å². The number of amides is 2. The van der Waals surface area contributed by atoms with Crippen molar-refractivity contribution in [3.8, 4) is 0 Å². The second kappa shape index (κ2) is 12.5. The number of ether oxygens (including phenoxy) is 1. The fourth-order valence-corrected chi connectivity index (χ4v) is 6.99. The monoisotopic (exact) mass is 561 g/mol. The first-order valence-corrected chi connectivity index (χ1v) is 14.9. The Bertz CT molecular complexity index is 1040. The van der Waals surface area contributed by atoms with Gasteiger partial charge in [0.1, 0.15) is 5.82 Å². The molecule has 40 heavy (non-hydrogen) atoms. The molecule has 1 aliphatic carbocycles. The zero-order valence-corrected chi connectivity index (χ0v) is 23.8. The van der Waals surface area contributed by atoms with Crippen molar-refractivity contribution in [2.45, 2.75) is 95.8 Å². The molecule has 222 valence electrons. The molecule has 1 saturated carbocycles. The van der Waals surface area contributed by atoms with Crippen molar-refractivity contribution in [2.24, 2.45) is 11.8 Å². The van der Waals surface area contributed by atoms with Crippen molar-refractivity contribution >= 4 is 24.0 Å². The Morgan fingerprint density at radius 2 is 1.93 bits per heavy atom. The standard InChI is InChI=1S/C28H44FN7O4/c1-20-31-24(23(29)25(32-20)35-17-27(2,18-35)36-12-6-7-13-36)33-34-26(38)22(15-21-9-3-4-10-21)16-28(40-30-19-37)11-5-8-14-39-28/h19,21-22H,3-18H2,1-2H3,(H,30,37)(H,34,38)(H,31,32,33)/t22-,28?/m1/s1. The van der Waals surface area contributed by atoms with Crippen LogP contribution in [0.2, 0.25) is 0 Å². The Labute approximate surface area is 235 Å². The van der Waals surface area contributed by atoms with Gasteiger partial charge in [-0.15, -0.1) is 0 Å². The molecule has 1 aromatic rings. The molecule has 2 amide bonds. The molecule has 2 atom stereocenters. The maximum Gasteiger partial charge on any atom is 0.241 e. The summed E-state index contributed by atoms with van der Waals surface area (Å²) in [5, 5.41) is 0. The normalized spacial score (nSPS) is 25.8. The fourth-order valence-electron chi connectivity index (χ4n) is 6.99. The lowest BCUT2D eigenvalue weighted by Crippen LogP contribution is -2.68. The average Bonchev–Trinajstić information content (AvgIpc) is 3.66. The number of hydrogen-bond acceptors (Lipinski definition) is 9.